The monoisotopic (exact) mass is 411 g/mol. The molecule has 0 radical (unpaired) electrons. The zero-order valence-corrected chi connectivity index (χ0v) is 14.0. The molecule has 0 fully saturated rings. The van der Waals surface area contributed by atoms with E-state index < -0.39 is 14.6 Å². The highest BCUT2D eigenvalue weighted by Crippen LogP contribution is 2.37. The van der Waals surface area contributed by atoms with Crippen LogP contribution in [-0.4, -0.2) is 15.5 Å². The number of nitro groups is 1. The first-order chi connectivity index (χ1) is 10.0. The van der Waals surface area contributed by atoms with Gasteiger partial charge in [0.2, 0.25) is 0 Å². The highest BCUT2D eigenvalue weighted by atomic mass is 79.9. The Kier molecular flexibility index (Phi) is 5.25. The number of hydrogen-bond acceptors (Lipinski definition) is 3. The molecule has 6 heteroatoms. The van der Waals surface area contributed by atoms with Crippen LogP contribution in [0.5, 0.6) is 0 Å². The van der Waals surface area contributed by atoms with E-state index in [1.54, 1.807) is 42.5 Å². The van der Waals surface area contributed by atoms with E-state index >= 15 is 0 Å². The van der Waals surface area contributed by atoms with Crippen molar-refractivity contribution >= 4 is 43.3 Å². The second-order valence-electron chi connectivity index (χ2n) is 4.35. The van der Waals surface area contributed by atoms with E-state index in [2.05, 4.69) is 31.9 Å². The summed E-state index contributed by atoms with van der Waals surface area (Å²) in [4.78, 5) is 21.9. The summed E-state index contributed by atoms with van der Waals surface area (Å²) in [5.74, 6) is -0.129. The number of halogens is 2. The normalized spacial score (nSPS) is 13.4. The van der Waals surface area contributed by atoms with E-state index in [0.717, 1.165) is 0 Å². The number of ketones is 1. The first kappa shape index (κ1) is 15.9. The van der Waals surface area contributed by atoms with Gasteiger partial charge >= 0.3 is 0 Å². The Bertz CT molecular complexity index is 661. The van der Waals surface area contributed by atoms with Gasteiger partial charge in [0.25, 0.3) is 5.69 Å². The smallest absolute Gasteiger partial charge is 0.273 e. The molecule has 0 saturated heterocycles. The van der Waals surface area contributed by atoms with Crippen molar-refractivity contribution in [2.75, 3.05) is 0 Å². The fraction of sp³-hybridized carbons (Fsp3) is 0.133. The lowest BCUT2D eigenvalue weighted by atomic mass is 10.0. The van der Waals surface area contributed by atoms with Gasteiger partial charge < -0.3 is 0 Å². The van der Waals surface area contributed by atoms with Gasteiger partial charge in [0.1, 0.15) is 0 Å². The molecule has 2 rings (SSSR count). The number of benzene rings is 2. The van der Waals surface area contributed by atoms with Crippen molar-refractivity contribution in [1.29, 1.82) is 0 Å². The van der Waals surface area contributed by atoms with Gasteiger partial charge in [-0.3, -0.25) is 14.9 Å². The number of para-hydroxylation sites is 1. The maximum atomic E-state index is 12.4. The standard InChI is InChI=1S/C15H11Br2NO3/c16-13(11-8-4-5-9-12(11)18(20)21)14(17)15(19)10-6-2-1-3-7-10/h1-9,13-14H. The molecule has 2 atom stereocenters. The summed E-state index contributed by atoms with van der Waals surface area (Å²) >= 11 is 6.74. The maximum Gasteiger partial charge on any atom is 0.273 e. The van der Waals surface area contributed by atoms with Crippen molar-refractivity contribution in [2.24, 2.45) is 0 Å². The summed E-state index contributed by atoms with van der Waals surface area (Å²) in [6.07, 6.45) is 0. The predicted octanol–water partition coefficient (Wildman–Crippen LogP) is 4.68. The SMILES string of the molecule is O=C(c1ccccc1)C(Br)C(Br)c1ccccc1[N+](=O)[O-]. The van der Waals surface area contributed by atoms with Crippen molar-refractivity contribution in [3.05, 3.63) is 75.8 Å². The molecule has 0 aliphatic carbocycles. The van der Waals surface area contributed by atoms with Crippen molar-refractivity contribution < 1.29 is 9.72 Å². The van der Waals surface area contributed by atoms with Crippen LogP contribution >= 0.6 is 31.9 Å². The van der Waals surface area contributed by atoms with E-state index in [9.17, 15) is 14.9 Å². The molecule has 0 bridgehead atoms. The van der Waals surface area contributed by atoms with Crippen LogP contribution in [0.4, 0.5) is 5.69 Å². The third kappa shape index (κ3) is 3.57. The Morgan fingerprint density at radius 1 is 1.00 bits per heavy atom. The first-order valence-corrected chi connectivity index (χ1v) is 7.96. The number of carbonyl (C=O) groups excluding carboxylic acids is 1. The van der Waals surface area contributed by atoms with Crippen molar-refractivity contribution in [2.45, 2.75) is 9.65 Å². The molecular formula is C15H11Br2NO3. The van der Waals surface area contributed by atoms with E-state index in [-0.39, 0.29) is 11.5 Å². The largest absolute Gasteiger partial charge is 0.293 e. The summed E-state index contributed by atoms with van der Waals surface area (Å²) in [5.41, 5.74) is 1.01. The molecule has 0 N–H and O–H groups in total. The average molecular weight is 413 g/mol. The fourth-order valence-corrected chi connectivity index (χ4v) is 3.12. The molecule has 21 heavy (non-hydrogen) atoms. The summed E-state index contributed by atoms with van der Waals surface area (Å²) in [6.45, 7) is 0. The van der Waals surface area contributed by atoms with Gasteiger partial charge in [0, 0.05) is 17.2 Å². The Morgan fingerprint density at radius 3 is 2.19 bits per heavy atom. The van der Waals surface area contributed by atoms with Crippen LogP contribution in [0.2, 0.25) is 0 Å². The van der Waals surface area contributed by atoms with Crippen LogP contribution in [-0.2, 0) is 0 Å². The second kappa shape index (κ2) is 6.95. The minimum absolute atomic E-state index is 0.00955. The summed E-state index contributed by atoms with van der Waals surface area (Å²) in [5, 5.41) is 11.1. The fourth-order valence-electron chi connectivity index (χ4n) is 1.94. The molecule has 0 saturated carbocycles. The maximum absolute atomic E-state index is 12.4. The summed E-state index contributed by atoms with van der Waals surface area (Å²) in [6, 6.07) is 15.2. The third-order valence-electron chi connectivity index (χ3n) is 3.00. The van der Waals surface area contributed by atoms with E-state index in [1.807, 2.05) is 6.07 Å². The van der Waals surface area contributed by atoms with Crippen LogP contribution < -0.4 is 0 Å². The third-order valence-corrected chi connectivity index (χ3v) is 5.67. The molecule has 0 aliphatic heterocycles. The Balaban J connectivity index is 2.30. The molecule has 0 amide bonds. The predicted molar refractivity (Wildman–Crippen MR) is 88.3 cm³/mol. The van der Waals surface area contributed by atoms with Gasteiger partial charge in [0.15, 0.2) is 5.78 Å². The molecule has 2 unspecified atom stereocenters. The Morgan fingerprint density at radius 2 is 1.57 bits per heavy atom. The highest BCUT2D eigenvalue weighted by molar-refractivity contribution is 9.12. The molecule has 2 aromatic carbocycles. The zero-order valence-electron chi connectivity index (χ0n) is 10.8. The molecule has 0 aliphatic rings. The molecular weight excluding hydrogens is 402 g/mol. The van der Waals surface area contributed by atoms with Gasteiger partial charge in [0.05, 0.1) is 14.6 Å². The zero-order chi connectivity index (χ0) is 15.4. The molecule has 4 nitrogen and oxygen atoms in total. The Hall–Kier alpha value is -1.53. The number of alkyl halides is 2. The molecule has 0 heterocycles. The number of Topliss-reactive ketones (excluding diaryl/α,β-unsaturated/α-hetero) is 1. The minimum Gasteiger partial charge on any atom is -0.293 e. The number of rotatable bonds is 5. The van der Waals surface area contributed by atoms with E-state index in [0.29, 0.717) is 11.1 Å². The lowest BCUT2D eigenvalue weighted by Gasteiger charge is -2.16. The number of nitro benzene ring substituents is 1. The van der Waals surface area contributed by atoms with E-state index in [4.69, 9.17) is 0 Å². The number of hydrogen-bond donors (Lipinski definition) is 0. The van der Waals surface area contributed by atoms with Crippen LogP contribution in [0.25, 0.3) is 0 Å². The summed E-state index contributed by atoms with van der Waals surface area (Å²) in [7, 11) is 0. The lowest BCUT2D eigenvalue weighted by Crippen LogP contribution is -2.19. The molecule has 0 aromatic heterocycles. The highest BCUT2D eigenvalue weighted by Gasteiger charge is 2.30. The molecule has 0 spiro atoms. The quantitative estimate of drug-likeness (QED) is 0.310. The van der Waals surface area contributed by atoms with Crippen molar-refractivity contribution in [3.8, 4) is 0 Å². The van der Waals surface area contributed by atoms with Crippen LogP contribution in [0.1, 0.15) is 20.7 Å². The molecule has 2 aromatic rings. The van der Waals surface area contributed by atoms with Gasteiger partial charge in [-0.2, -0.15) is 0 Å². The average Bonchev–Trinajstić information content (AvgIpc) is 2.53. The van der Waals surface area contributed by atoms with Crippen molar-refractivity contribution in [1.82, 2.24) is 0 Å². The van der Waals surface area contributed by atoms with Crippen LogP contribution in [0, 0.1) is 10.1 Å². The second-order valence-corrected chi connectivity index (χ2v) is 6.32. The Labute approximate surface area is 138 Å². The van der Waals surface area contributed by atoms with Gasteiger partial charge in [-0.1, -0.05) is 80.4 Å². The first-order valence-electron chi connectivity index (χ1n) is 6.13. The minimum atomic E-state index is -0.596. The van der Waals surface area contributed by atoms with E-state index in [1.165, 1.54) is 6.07 Å². The lowest BCUT2D eigenvalue weighted by molar-refractivity contribution is -0.385. The summed E-state index contributed by atoms with van der Waals surface area (Å²) < 4.78 is 0. The molecule has 108 valence electrons. The van der Waals surface area contributed by atoms with Crippen LogP contribution in [0.3, 0.4) is 0 Å². The van der Waals surface area contributed by atoms with Gasteiger partial charge in [-0.15, -0.1) is 0 Å². The topological polar surface area (TPSA) is 60.2 Å². The van der Waals surface area contributed by atoms with Gasteiger partial charge in [-0.05, 0) is 0 Å². The number of carbonyl (C=O) groups is 1. The van der Waals surface area contributed by atoms with Crippen LogP contribution in [0.15, 0.2) is 54.6 Å². The van der Waals surface area contributed by atoms with Gasteiger partial charge in [-0.25, -0.2) is 0 Å². The van der Waals surface area contributed by atoms with Crippen molar-refractivity contribution in [3.63, 3.8) is 0 Å². The number of nitrogens with zero attached hydrogens (tertiary/aromatic N) is 1.